The Morgan fingerprint density at radius 3 is 2.34 bits per heavy atom. The zero-order chi connectivity index (χ0) is 24.4. The van der Waals surface area contributed by atoms with E-state index in [0.717, 1.165) is 24.3 Å². The van der Waals surface area contributed by atoms with Crippen LogP contribution in [0.3, 0.4) is 0 Å². The Morgan fingerprint density at radius 2 is 1.69 bits per heavy atom. The molecule has 6 nitrogen and oxygen atoms in total. The van der Waals surface area contributed by atoms with Gasteiger partial charge in [-0.3, -0.25) is 9.69 Å². The van der Waals surface area contributed by atoms with Gasteiger partial charge in [0, 0.05) is 37.6 Å². The second-order valence-electron chi connectivity index (χ2n) is 8.87. The summed E-state index contributed by atoms with van der Waals surface area (Å²) in [4.78, 5) is 18.2. The lowest BCUT2D eigenvalue weighted by Crippen LogP contribution is -2.49. The summed E-state index contributed by atoms with van der Waals surface area (Å²) in [6.45, 7) is 4.92. The van der Waals surface area contributed by atoms with Crippen LogP contribution in [0.25, 0.3) is 0 Å². The van der Waals surface area contributed by atoms with E-state index in [1.165, 1.54) is 12.1 Å². The van der Waals surface area contributed by atoms with Crippen molar-refractivity contribution in [3.05, 3.63) is 118 Å². The van der Waals surface area contributed by atoms with E-state index in [-0.39, 0.29) is 17.1 Å². The summed E-state index contributed by atoms with van der Waals surface area (Å²) in [6, 6.07) is 21.2. The maximum atomic E-state index is 13.8. The van der Waals surface area contributed by atoms with Gasteiger partial charge < -0.3 is 19.0 Å². The molecule has 4 aromatic rings. The molecule has 1 saturated heterocycles. The topological polar surface area (TPSA) is 61.9 Å². The lowest BCUT2D eigenvalue weighted by molar-refractivity contribution is 0.207. The number of aromatic hydroxyl groups is 1. The minimum atomic E-state index is -0.400. The highest BCUT2D eigenvalue weighted by Crippen LogP contribution is 2.34. The Kier molecular flexibility index (Phi) is 6.42. The Bertz CT molecular complexity index is 1330. The minimum absolute atomic E-state index is 0.00184. The molecule has 1 N–H and O–H groups in total. The highest BCUT2D eigenvalue weighted by molar-refractivity contribution is 5.47. The van der Waals surface area contributed by atoms with E-state index in [1.54, 1.807) is 35.1 Å². The van der Waals surface area contributed by atoms with Crippen molar-refractivity contribution in [1.82, 2.24) is 9.47 Å². The van der Waals surface area contributed by atoms with Gasteiger partial charge in [-0.15, -0.1) is 0 Å². The fourth-order valence-electron chi connectivity index (χ4n) is 4.87. The van der Waals surface area contributed by atoms with Crippen molar-refractivity contribution in [2.75, 3.05) is 31.1 Å². The molecule has 1 aliphatic heterocycles. The number of hydrogen-bond acceptors (Lipinski definition) is 5. The molecular weight excluding hydrogens is 445 g/mol. The number of aryl methyl sites for hydroxylation is 1. The van der Waals surface area contributed by atoms with E-state index < -0.39 is 6.04 Å². The van der Waals surface area contributed by atoms with E-state index in [0.29, 0.717) is 36.7 Å². The van der Waals surface area contributed by atoms with Gasteiger partial charge >= 0.3 is 0 Å². The lowest BCUT2D eigenvalue weighted by atomic mass is 9.96. The molecule has 0 radical (unpaired) electrons. The molecule has 3 heterocycles. The van der Waals surface area contributed by atoms with Crippen LogP contribution in [0.2, 0.25) is 0 Å². The zero-order valence-corrected chi connectivity index (χ0v) is 19.6. The van der Waals surface area contributed by atoms with Crippen molar-refractivity contribution >= 4 is 5.69 Å². The fraction of sp³-hybridized carbons (Fsp3) is 0.250. The molecule has 7 heteroatoms. The standard InChI is InChI=1S/C28H28FN3O3/c1-20-18-25(33)26(28(34)32(20)19-24-8-5-17-35-24)27(21-6-3-2-4-7-21)31-15-13-30(14-16-31)23-11-9-22(29)10-12-23/h2-12,17-18,27,33H,13-16,19H2,1H3/t27-/m1/s1. The van der Waals surface area contributed by atoms with Crippen LogP contribution in [-0.2, 0) is 6.54 Å². The van der Waals surface area contributed by atoms with Crippen LogP contribution in [0.15, 0.2) is 88.3 Å². The van der Waals surface area contributed by atoms with Gasteiger partial charge in [0.2, 0.25) is 0 Å². The lowest BCUT2D eigenvalue weighted by Gasteiger charge is -2.40. The second kappa shape index (κ2) is 9.80. The molecule has 180 valence electrons. The molecule has 5 rings (SSSR count). The average Bonchev–Trinajstić information content (AvgIpc) is 3.39. The third-order valence-electron chi connectivity index (χ3n) is 6.68. The molecule has 0 amide bonds. The SMILES string of the molecule is Cc1cc(O)c([C@@H](c2ccccc2)N2CCN(c3ccc(F)cc3)CC2)c(=O)n1Cc1ccco1. The smallest absolute Gasteiger partial charge is 0.260 e. The molecule has 1 aliphatic rings. The Labute approximate surface area is 203 Å². The number of piperazine rings is 1. The van der Waals surface area contributed by atoms with Crippen LogP contribution in [0, 0.1) is 12.7 Å². The number of benzene rings is 2. The van der Waals surface area contributed by atoms with E-state index in [4.69, 9.17) is 4.42 Å². The molecule has 0 spiro atoms. The van der Waals surface area contributed by atoms with Crippen molar-refractivity contribution in [1.29, 1.82) is 0 Å². The summed E-state index contributed by atoms with van der Waals surface area (Å²) < 4.78 is 20.5. The maximum Gasteiger partial charge on any atom is 0.260 e. The summed E-state index contributed by atoms with van der Waals surface area (Å²) in [5.41, 5.74) is 2.72. The van der Waals surface area contributed by atoms with Gasteiger partial charge in [0.1, 0.15) is 17.3 Å². The number of rotatable bonds is 6. The van der Waals surface area contributed by atoms with Crippen LogP contribution in [0.4, 0.5) is 10.1 Å². The number of halogens is 1. The zero-order valence-electron chi connectivity index (χ0n) is 19.6. The Morgan fingerprint density at radius 1 is 0.971 bits per heavy atom. The van der Waals surface area contributed by atoms with E-state index in [9.17, 15) is 14.3 Å². The van der Waals surface area contributed by atoms with Crippen molar-refractivity contribution in [2.24, 2.45) is 0 Å². The highest BCUT2D eigenvalue weighted by atomic mass is 19.1. The summed E-state index contributed by atoms with van der Waals surface area (Å²) in [5, 5.41) is 11.0. The van der Waals surface area contributed by atoms with Crippen LogP contribution < -0.4 is 10.5 Å². The van der Waals surface area contributed by atoms with Crippen molar-refractivity contribution in [3.63, 3.8) is 0 Å². The summed E-state index contributed by atoms with van der Waals surface area (Å²) >= 11 is 0. The van der Waals surface area contributed by atoms with Crippen molar-refractivity contribution in [3.8, 4) is 5.75 Å². The molecule has 1 atom stereocenters. The van der Waals surface area contributed by atoms with Gasteiger partial charge in [0.15, 0.2) is 0 Å². The first-order chi connectivity index (χ1) is 17.0. The van der Waals surface area contributed by atoms with E-state index >= 15 is 0 Å². The molecule has 35 heavy (non-hydrogen) atoms. The van der Waals surface area contributed by atoms with E-state index in [2.05, 4.69) is 9.80 Å². The molecular formula is C28H28FN3O3. The molecule has 0 saturated carbocycles. The fourth-order valence-corrected chi connectivity index (χ4v) is 4.87. The number of hydrogen-bond donors (Lipinski definition) is 1. The highest BCUT2D eigenvalue weighted by Gasteiger charge is 2.31. The monoisotopic (exact) mass is 473 g/mol. The first kappa shape index (κ1) is 22.9. The number of nitrogens with zero attached hydrogens (tertiary/aromatic N) is 3. The van der Waals surface area contributed by atoms with Crippen LogP contribution in [0.5, 0.6) is 5.75 Å². The van der Waals surface area contributed by atoms with Crippen molar-refractivity contribution in [2.45, 2.75) is 19.5 Å². The number of furan rings is 1. The molecule has 2 aromatic heterocycles. The van der Waals surface area contributed by atoms with E-state index in [1.807, 2.05) is 43.3 Å². The predicted octanol–water partition coefficient (Wildman–Crippen LogP) is 4.55. The maximum absolute atomic E-state index is 13.8. The summed E-state index contributed by atoms with van der Waals surface area (Å²) in [7, 11) is 0. The number of anilines is 1. The largest absolute Gasteiger partial charge is 0.507 e. The predicted molar refractivity (Wildman–Crippen MR) is 133 cm³/mol. The van der Waals surface area contributed by atoms with Crippen LogP contribution >= 0.6 is 0 Å². The Hall–Kier alpha value is -3.84. The number of pyridine rings is 1. The van der Waals surface area contributed by atoms with Gasteiger partial charge in [-0.25, -0.2) is 4.39 Å². The normalized spacial score (nSPS) is 15.3. The average molecular weight is 474 g/mol. The van der Waals surface area contributed by atoms with Gasteiger partial charge in [-0.05, 0) is 55.0 Å². The van der Waals surface area contributed by atoms with Gasteiger partial charge in [0.25, 0.3) is 5.56 Å². The third-order valence-corrected chi connectivity index (χ3v) is 6.68. The van der Waals surface area contributed by atoms with Crippen molar-refractivity contribution < 1.29 is 13.9 Å². The quantitative estimate of drug-likeness (QED) is 0.445. The first-order valence-electron chi connectivity index (χ1n) is 11.8. The summed E-state index contributed by atoms with van der Waals surface area (Å²) in [5.74, 6) is 0.422. The molecule has 0 unspecified atom stereocenters. The van der Waals surface area contributed by atoms with Crippen LogP contribution in [0.1, 0.15) is 28.6 Å². The van der Waals surface area contributed by atoms with Gasteiger partial charge in [-0.2, -0.15) is 0 Å². The molecule has 2 aromatic carbocycles. The van der Waals surface area contributed by atoms with Gasteiger partial charge in [0.05, 0.1) is 24.4 Å². The first-order valence-corrected chi connectivity index (χ1v) is 11.8. The molecule has 1 fully saturated rings. The summed E-state index contributed by atoms with van der Waals surface area (Å²) in [6.07, 6.45) is 1.59. The second-order valence-corrected chi connectivity index (χ2v) is 8.87. The minimum Gasteiger partial charge on any atom is -0.507 e. The third kappa shape index (κ3) is 4.72. The molecule has 0 aliphatic carbocycles. The van der Waals surface area contributed by atoms with Gasteiger partial charge in [-0.1, -0.05) is 30.3 Å². The molecule has 0 bridgehead atoms. The van der Waals surface area contributed by atoms with Crippen LogP contribution in [-0.4, -0.2) is 40.8 Å². The Balaban J connectivity index is 1.50. The number of aromatic nitrogens is 1.